The number of nitrogen functional groups attached to an aromatic ring is 1. The van der Waals surface area contributed by atoms with Crippen molar-refractivity contribution in [2.45, 2.75) is 6.92 Å². The van der Waals surface area contributed by atoms with Crippen LogP contribution < -0.4 is 11.3 Å². The Morgan fingerprint density at radius 1 is 1.47 bits per heavy atom. The number of hydrazine groups is 1. The molecule has 0 aliphatic carbocycles. The molecule has 15 heavy (non-hydrogen) atoms. The summed E-state index contributed by atoms with van der Waals surface area (Å²) in [6.07, 6.45) is 5.00. The first-order valence-corrected chi connectivity index (χ1v) is 4.59. The molecule has 0 spiro atoms. The third-order valence-electron chi connectivity index (χ3n) is 1.78. The average molecular weight is 225 g/mol. The van der Waals surface area contributed by atoms with Gasteiger partial charge in [0.1, 0.15) is 5.02 Å². The largest absolute Gasteiger partial charge is 0.292 e. The molecule has 0 aromatic carbocycles. The molecule has 0 bridgehead atoms. The Bertz CT molecular complexity index is 480. The van der Waals surface area contributed by atoms with Crippen LogP contribution in [0.4, 0.5) is 5.95 Å². The summed E-state index contributed by atoms with van der Waals surface area (Å²) in [5.41, 5.74) is 3.37. The highest BCUT2D eigenvalue weighted by Gasteiger charge is 2.07. The fourth-order valence-electron chi connectivity index (χ4n) is 1.12. The Balaban J connectivity index is 2.51. The van der Waals surface area contributed by atoms with E-state index in [1.807, 2.05) is 13.1 Å². The third kappa shape index (κ3) is 1.90. The van der Waals surface area contributed by atoms with Gasteiger partial charge < -0.3 is 0 Å². The maximum atomic E-state index is 5.94. The normalized spacial score (nSPS) is 10.3. The van der Waals surface area contributed by atoms with E-state index in [0.29, 0.717) is 16.8 Å². The van der Waals surface area contributed by atoms with Gasteiger partial charge in [-0.2, -0.15) is 10.1 Å². The fraction of sp³-hybridized carbons (Fsp3) is 0.125. The van der Waals surface area contributed by atoms with E-state index in [-0.39, 0.29) is 0 Å². The van der Waals surface area contributed by atoms with Crippen molar-refractivity contribution in [3.05, 3.63) is 29.2 Å². The first-order chi connectivity index (χ1) is 7.20. The third-order valence-corrected chi connectivity index (χ3v) is 2.05. The molecule has 0 radical (unpaired) electrons. The number of nitrogens with zero attached hydrogens (tertiary/aromatic N) is 4. The lowest BCUT2D eigenvalue weighted by Gasteiger charge is -2.04. The molecule has 0 amide bonds. The Hall–Kier alpha value is -1.66. The van der Waals surface area contributed by atoms with Crippen molar-refractivity contribution in [1.82, 2.24) is 19.7 Å². The summed E-state index contributed by atoms with van der Waals surface area (Å²) >= 11 is 5.94. The van der Waals surface area contributed by atoms with Gasteiger partial charge in [-0.1, -0.05) is 11.6 Å². The molecule has 0 unspecified atom stereocenters. The smallest absolute Gasteiger partial charge is 0.239 e. The van der Waals surface area contributed by atoms with Crippen LogP contribution in [0, 0.1) is 6.92 Å². The predicted molar refractivity (Wildman–Crippen MR) is 56.7 cm³/mol. The Morgan fingerprint density at radius 2 is 2.27 bits per heavy atom. The number of nitrogens with one attached hydrogen (secondary N) is 1. The van der Waals surface area contributed by atoms with Crippen LogP contribution in [-0.2, 0) is 0 Å². The zero-order chi connectivity index (χ0) is 10.8. The van der Waals surface area contributed by atoms with E-state index in [1.54, 1.807) is 10.9 Å². The molecule has 2 rings (SSSR count). The number of aryl methyl sites for hydroxylation is 1. The highest BCUT2D eigenvalue weighted by atomic mass is 35.5. The lowest BCUT2D eigenvalue weighted by molar-refractivity contribution is 0.840. The summed E-state index contributed by atoms with van der Waals surface area (Å²) in [6.45, 7) is 1.93. The molecular weight excluding hydrogens is 216 g/mol. The molecule has 0 fully saturated rings. The van der Waals surface area contributed by atoms with Crippen molar-refractivity contribution in [3.8, 4) is 5.82 Å². The second-order valence-corrected chi connectivity index (χ2v) is 3.38. The van der Waals surface area contributed by atoms with E-state index < -0.39 is 0 Å². The van der Waals surface area contributed by atoms with Crippen LogP contribution >= 0.6 is 11.6 Å². The van der Waals surface area contributed by atoms with Crippen molar-refractivity contribution in [3.63, 3.8) is 0 Å². The van der Waals surface area contributed by atoms with Crippen LogP contribution in [0.1, 0.15) is 5.56 Å². The molecule has 0 atom stereocenters. The number of anilines is 1. The number of rotatable bonds is 2. The van der Waals surface area contributed by atoms with Crippen molar-refractivity contribution in [2.75, 3.05) is 5.43 Å². The Labute approximate surface area is 91.1 Å². The van der Waals surface area contributed by atoms with E-state index in [2.05, 4.69) is 20.5 Å². The van der Waals surface area contributed by atoms with E-state index in [0.717, 1.165) is 5.56 Å². The van der Waals surface area contributed by atoms with E-state index in [4.69, 9.17) is 17.4 Å². The van der Waals surface area contributed by atoms with Crippen molar-refractivity contribution in [2.24, 2.45) is 5.84 Å². The zero-order valence-electron chi connectivity index (χ0n) is 7.98. The van der Waals surface area contributed by atoms with Gasteiger partial charge in [-0.25, -0.2) is 15.5 Å². The van der Waals surface area contributed by atoms with E-state index >= 15 is 0 Å². The molecule has 0 aliphatic heterocycles. The molecule has 2 aromatic rings. The summed E-state index contributed by atoms with van der Waals surface area (Å²) in [5, 5.41) is 4.51. The first kappa shape index (κ1) is 9.88. The maximum absolute atomic E-state index is 5.94. The van der Waals surface area contributed by atoms with Gasteiger partial charge in [0, 0.05) is 6.20 Å². The van der Waals surface area contributed by atoms with Crippen molar-refractivity contribution >= 4 is 17.5 Å². The summed E-state index contributed by atoms with van der Waals surface area (Å²) in [6, 6.07) is 0. The molecule has 6 nitrogen and oxygen atoms in total. The topological polar surface area (TPSA) is 81.7 Å². The Kier molecular flexibility index (Phi) is 2.53. The molecule has 0 saturated carbocycles. The van der Waals surface area contributed by atoms with Crippen LogP contribution in [0.2, 0.25) is 5.02 Å². The number of hydrogen-bond donors (Lipinski definition) is 2. The van der Waals surface area contributed by atoms with Crippen LogP contribution in [0.3, 0.4) is 0 Å². The minimum absolute atomic E-state index is 0.294. The van der Waals surface area contributed by atoms with Gasteiger partial charge in [0.15, 0.2) is 5.82 Å². The van der Waals surface area contributed by atoms with Gasteiger partial charge in [-0.3, -0.25) is 5.43 Å². The standard InChI is InChI=1S/C8H9ClN6/c1-5-2-12-15(4-5)7-6(9)3-11-8(13-7)14-10/h2-4H,10H2,1H3,(H,11,13,14). The summed E-state index contributed by atoms with van der Waals surface area (Å²) < 4.78 is 1.57. The molecule has 0 saturated heterocycles. The van der Waals surface area contributed by atoms with Crippen LogP contribution in [-0.4, -0.2) is 19.7 Å². The quantitative estimate of drug-likeness (QED) is 0.585. The predicted octanol–water partition coefficient (Wildman–Crippen LogP) is 0.910. The second kappa shape index (κ2) is 3.84. The zero-order valence-corrected chi connectivity index (χ0v) is 8.73. The van der Waals surface area contributed by atoms with E-state index in [9.17, 15) is 0 Å². The van der Waals surface area contributed by atoms with Crippen LogP contribution in [0.25, 0.3) is 5.82 Å². The number of hydrogen-bond acceptors (Lipinski definition) is 5. The van der Waals surface area contributed by atoms with Gasteiger partial charge in [-0.05, 0) is 12.5 Å². The van der Waals surface area contributed by atoms with Gasteiger partial charge in [0.2, 0.25) is 5.95 Å². The molecular formula is C8H9ClN6. The monoisotopic (exact) mass is 224 g/mol. The lowest BCUT2D eigenvalue weighted by Crippen LogP contribution is -2.12. The van der Waals surface area contributed by atoms with Crippen LogP contribution in [0.15, 0.2) is 18.6 Å². The highest BCUT2D eigenvalue weighted by molar-refractivity contribution is 6.32. The SMILES string of the molecule is Cc1cnn(-c2nc(NN)ncc2Cl)c1. The van der Waals surface area contributed by atoms with Gasteiger partial charge >= 0.3 is 0 Å². The number of aromatic nitrogens is 4. The van der Waals surface area contributed by atoms with E-state index in [1.165, 1.54) is 6.20 Å². The second-order valence-electron chi connectivity index (χ2n) is 2.97. The van der Waals surface area contributed by atoms with Crippen LogP contribution in [0.5, 0.6) is 0 Å². The number of nitrogens with two attached hydrogens (primary N) is 1. The summed E-state index contributed by atoms with van der Waals surface area (Å²) in [4.78, 5) is 7.97. The lowest BCUT2D eigenvalue weighted by atomic mass is 10.4. The maximum Gasteiger partial charge on any atom is 0.239 e. The Morgan fingerprint density at radius 3 is 2.87 bits per heavy atom. The highest BCUT2D eigenvalue weighted by Crippen LogP contribution is 2.17. The molecule has 3 N–H and O–H groups in total. The van der Waals surface area contributed by atoms with Crippen molar-refractivity contribution < 1.29 is 0 Å². The minimum Gasteiger partial charge on any atom is -0.292 e. The molecule has 2 aromatic heterocycles. The molecule has 0 aliphatic rings. The van der Waals surface area contributed by atoms with Crippen molar-refractivity contribution in [1.29, 1.82) is 0 Å². The van der Waals surface area contributed by atoms with Gasteiger partial charge in [0.25, 0.3) is 0 Å². The fourth-order valence-corrected chi connectivity index (χ4v) is 1.29. The summed E-state index contributed by atoms with van der Waals surface area (Å²) in [5.74, 6) is 5.99. The van der Waals surface area contributed by atoms with Gasteiger partial charge in [-0.15, -0.1) is 0 Å². The first-order valence-electron chi connectivity index (χ1n) is 4.21. The molecule has 2 heterocycles. The average Bonchev–Trinajstić information content (AvgIpc) is 2.65. The molecule has 78 valence electrons. The molecule has 7 heteroatoms. The summed E-state index contributed by atoms with van der Waals surface area (Å²) in [7, 11) is 0. The minimum atomic E-state index is 0.294. The number of halogens is 1. The van der Waals surface area contributed by atoms with Gasteiger partial charge in [0.05, 0.1) is 12.4 Å².